The van der Waals surface area contributed by atoms with Gasteiger partial charge in [0.05, 0.1) is 18.6 Å². The SMILES string of the molecule is CCOc1ccc(N(CC(=O)N(Cc2ccccc2Cl)[C@H](Cc2ccccc2)C(=O)N[C@H](C)CC)S(C)(=O)=O)cc1. The number of hydrogen-bond acceptors (Lipinski definition) is 5. The molecule has 2 amide bonds. The fourth-order valence-electron chi connectivity index (χ4n) is 4.29. The molecule has 0 spiro atoms. The van der Waals surface area contributed by atoms with E-state index in [4.69, 9.17) is 16.3 Å². The molecule has 0 saturated heterocycles. The first-order chi connectivity index (χ1) is 19.5. The maximum absolute atomic E-state index is 14.1. The first-order valence-electron chi connectivity index (χ1n) is 13.6. The highest BCUT2D eigenvalue weighted by molar-refractivity contribution is 7.92. The largest absolute Gasteiger partial charge is 0.494 e. The first-order valence-corrected chi connectivity index (χ1v) is 15.8. The highest BCUT2D eigenvalue weighted by atomic mass is 35.5. The molecule has 0 aliphatic heterocycles. The molecule has 1 N–H and O–H groups in total. The molecule has 0 heterocycles. The lowest BCUT2D eigenvalue weighted by Crippen LogP contribution is -2.54. The quantitative estimate of drug-likeness (QED) is 0.279. The Morgan fingerprint density at radius 1 is 0.951 bits per heavy atom. The fraction of sp³-hybridized carbons (Fsp3) is 0.355. The predicted octanol–water partition coefficient (Wildman–Crippen LogP) is 5.06. The van der Waals surface area contributed by atoms with Crippen LogP contribution in [-0.2, 0) is 32.6 Å². The molecule has 10 heteroatoms. The van der Waals surface area contributed by atoms with Crippen molar-refractivity contribution in [2.24, 2.45) is 0 Å². The zero-order chi connectivity index (χ0) is 30.0. The Balaban J connectivity index is 2.05. The number of nitrogens with one attached hydrogen (secondary N) is 1. The summed E-state index contributed by atoms with van der Waals surface area (Å²) in [5, 5.41) is 3.45. The van der Waals surface area contributed by atoms with E-state index in [9.17, 15) is 18.0 Å². The van der Waals surface area contributed by atoms with Crippen LogP contribution in [0.25, 0.3) is 0 Å². The van der Waals surface area contributed by atoms with Crippen LogP contribution >= 0.6 is 11.6 Å². The van der Waals surface area contributed by atoms with Crippen molar-refractivity contribution in [2.75, 3.05) is 23.7 Å². The summed E-state index contributed by atoms with van der Waals surface area (Å²) in [5.41, 5.74) is 1.81. The third-order valence-corrected chi connectivity index (χ3v) is 8.19. The van der Waals surface area contributed by atoms with E-state index in [0.717, 1.165) is 16.1 Å². The number of carbonyl (C=O) groups is 2. The summed E-state index contributed by atoms with van der Waals surface area (Å²) >= 11 is 6.48. The van der Waals surface area contributed by atoms with E-state index < -0.39 is 28.5 Å². The molecule has 0 unspecified atom stereocenters. The molecule has 2 atom stereocenters. The molecule has 0 aromatic heterocycles. The number of hydrogen-bond donors (Lipinski definition) is 1. The van der Waals surface area contributed by atoms with E-state index >= 15 is 0 Å². The molecule has 3 aromatic carbocycles. The lowest BCUT2D eigenvalue weighted by Gasteiger charge is -2.34. The molecule has 41 heavy (non-hydrogen) atoms. The second-order valence-electron chi connectivity index (χ2n) is 9.83. The average molecular weight is 600 g/mol. The van der Waals surface area contributed by atoms with Crippen molar-refractivity contribution in [1.29, 1.82) is 0 Å². The number of anilines is 1. The minimum Gasteiger partial charge on any atom is -0.494 e. The summed E-state index contributed by atoms with van der Waals surface area (Å²) < 4.78 is 32.3. The Kier molecular flexibility index (Phi) is 11.6. The summed E-state index contributed by atoms with van der Waals surface area (Å²) in [6.45, 7) is 5.70. The minimum absolute atomic E-state index is 0.0187. The predicted molar refractivity (Wildman–Crippen MR) is 164 cm³/mol. The van der Waals surface area contributed by atoms with Gasteiger partial charge in [-0.2, -0.15) is 0 Å². The smallest absolute Gasteiger partial charge is 0.244 e. The number of ether oxygens (including phenoxy) is 1. The van der Waals surface area contributed by atoms with Crippen LogP contribution in [0.3, 0.4) is 0 Å². The molecule has 0 bridgehead atoms. The Morgan fingerprint density at radius 2 is 1.59 bits per heavy atom. The highest BCUT2D eigenvalue weighted by Crippen LogP contribution is 2.24. The van der Waals surface area contributed by atoms with E-state index in [0.29, 0.717) is 35.1 Å². The number of carbonyl (C=O) groups excluding carboxylic acids is 2. The van der Waals surface area contributed by atoms with Gasteiger partial charge in [-0.05, 0) is 61.7 Å². The van der Waals surface area contributed by atoms with Crippen molar-refractivity contribution in [3.63, 3.8) is 0 Å². The van der Waals surface area contributed by atoms with Crippen molar-refractivity contribution >= 4 is 39.1 Å². The van der Waals surface area contributed by atoms with Crippen LogP contribution in [0.2, 0.25) is 5.02 Å². The third kappa shape index (κ3) is 9.23. The zero-order valence-corrected chi connectivity index (χ0v) is 25.5. The summed E-state index contributed by atoms with van der Waals surface area (Å²) in [6.07, 6.45) is 2.00. The highest BCUT2D eigenvalue weighted by Gasteiger charge is 2.33. The molecule has 8 nitrogen and oxygen atoms in total. The number of rotatable bonds is 14. The molecular weight excluding hydrogens is 562 g/mol. The van der Waals surface area contributed by atoms with E-state index in [1.165, 1.54) is 4.90 Å². The van der Waals surface area contributed by atoms with E-state index in [1.54, 1.807) is 48.5 Å². The molecule has 0 aliphatic carbocycles. The average Bonchev–Trinajstić information content (AvgIpc) is 2.95. The van der Waals surface area contributed by atoms with Gasteiger partial charge in [-0.15, -0.1) is 0 Å². The van der Waals surface area contributed by atoms with Crippen molar-refractivity contribution in [3.8, 4) is 5.75 Å². The molecule has 0 radical (unpaired) electrons. The second-order valence-corrected chi connectivity index (χ2v) is 12.1. The van der Waals surface area contributed by atoms with Crippen LogP contribution in [0.4, 0.5) is 5.69 Å². The van der Waals surface area contributed by atoms with Gasteiger partial charge in [-0.1, -0.05) is 67.1 Å². The minimum atomic E-state index is -3.86. The van der Waals surface area contributed by atoms with Gasteiger partial charge < -0.3 is 15.0 Å². The van der Waals surface area contributed by atoms with Crippen LogP contribution in [0.1, 0.15) is 38.3 Å². The van der Waals surface area contributed by atoms with Crippen LogP contribution in [0.5, 0.6) is 5.75 Å². The summed E-state index contributed by atoms with van der Waals surface area (Å²) in [4.78, 5) is 29.3. The standard InChI is InChI=1S/C31H38ClN3O5S/c1-5-23(3)33-31(37)29(20-24-12-8-7-9-13-24)34(21-25-14-10-11-15-28(25)32)30(36)22-35(41(4,38)39)26-16-18-27(19-17-26)40-6-2/h7-19,23,29H,5-6,20-22H2,1-4H3,(H,33,37)/t23-,29-/m1/s1. The van der Waals surface area contributed by atoms with Gasteiger partial charge in [0, 0.05) is 24.0 Å². The maximum atomic E-state index is 14.1. The summed E-state index contributed by atoms with van der Waals surface area (Å²) in [5.74, 6) is -0.277. The van der Waals surface area contributed by atoms with Gasteiger partial charge in [0.15, 0.2) is 0 Å². The molecule has 0 aliphatic rings. The van der Waals surface area contributed by atoms with Gasteiger partial charge in [-0.3, -0.25) is 13.9 Å². The van der Waals surface area contributed by atoms with Crippen molar-refractivity contribution in [2.45, 2.75) is 52.2 Å². The van der Waals surface area contributed by atoms with Gasteiger partial charge in [0.2, 0.25) is 21.8 Å². The van der Waals surface area contributed by atoms with E-state index in [1.807, 2.05) is 51.1 Å². The van der Waals surface area contributed by atoms with Crippen LogP contribution in [-0.4, -0.2) is 56.6 Å². The van der Waals surface area contributed by atoms with Crippen molar-refractivity contribution in [3.05, 3.63) is 95.0 Å². The van der Waals surface area contributed by atoms with Gasteiger partial charge in [-0.25, -0.2) is 8.42 Å². The molecule has 3 rings (SSSR count). The number of amides is 2. The first kappa shape index (κ1) is 32.0. The van der Waals surface area contributed by atoms with Gasteiger partial charge >= 0.3 is 0 Å². The normalized spacial score (nSPS) is 12.7. The van der Waals surface area contributed by atoms with E-state index in [2.05, 4.69) is 5.32 Å². The van der Waals surface area contributed by atoms with Gasteiger partial charge in [0.1, 0.15) is 18.3 Å². The Bertz CT molecular complexity index is 1400. The van der Waals surface area contributed by atoms with Crippen molar-refractivity contribution < 1.29 is 22.7 Å². The lowest BCUT2D eigenvalue weighted by atomic mass is 10.0. The second kappa shape index (κ2) is 14.9. The Hall–Kier alpha value is -3.56. The topological polar surface area (TPSA) is 96.0 Å². The lowest BCUT2D eigenvalue weighted by molar-refractivity contribution is -0.140. The number of halogens is 1. The van der Waals surface area contributed by atoms with Crippen LogP contribution in [0.15, 0.2) is 78.9 Å². The monoisotopic (exact) mass is 599 g/mol. The molecule has 0 fully saturated rings. The van der Waals surface area contributed by atoms with Gasteiger partial charge in [0.25, 0.3) is 0 Å². The molecule has 220 valence electrons. The molecular formula is C31H38ClN3O5S. The van der Waals surface area contributed by atoms with Crippen LogP contribution < -0.4 is 14.4 Å². The number of sulfonamides is 1. The maximum Gasteiger partial charge on any atom is 0.244 e. The third-order valence-electron chi connectivity index (χ3n) is 6.69. The molecule has 3 aromatic rings. The Labute approximate surface area is 248 Å². The number of benzene rings is 3. The summed E-state index contributed by atoms with van der Waals surface area (Å²) in [6, 6.07) is 22.0. The van der Waals surface area contributed by atoms with E-state index in [-0.39, 0.29) is 24.9 Å². The summed E-state index contributed by atoms with van der Waals surface area (Å²) in [7, 11) is -3.86. The Morgan fingerprint density at radius 3 is 2.17 bits per heavy atom. The van der Waals surface area contributed by atoms with Crippen molar-refractivity contribution in [1.82, 2.24) is 10.2 Å². The zero-order valence-electron chi connectivity index (χ0n) is 23.9. The molecule has 0 saturated carbocycles. The van der Waals surface area contributed by atoms with Crippen LogP contribution in [0, 0.1) is 0 Å². The fourth-order valence-corrected chi connectivity index (χ4v) is 5.34. The number of nitrogens with zero attached hydrogens (tertiary/aromatic N) is 2.